The monoisotopic (exact) mass is 527 g/mol. The van der Waals surface area contributed by atoms with E-state index in [0.29, 0.717) is 53.0 Å². The number of carboxylic acid groups (broad SMARTS) is 1. The average Bonchev–Trinajstić information content (AvgIpc) is 2.85. The van der Waals surface area contributed by atoms with Gasteiger partial charge in [-0.15, -0.1) is 0 Å². The van der Waals surface area contributed by atoms with Crippen molar-refractivity contribution >= 4 is 35.1 Å². The molecule has 1 atom stereocenters. The number of nitrogens with one attached hydrogen (secondary N) is 1. The van der Waals surface area contributed by atoms with Gasteiger partial charge < -0.3 is 19.9 Å². The first-order valence-corrected chi connectivity index (χ1v) is 12.6. The lowest BCUT2D eigenvalue weighted by atomic mass is 9.93. The number of carbonyl (C=O) groups excluding carboxylic acids is 1. The molecule has 6 nitrogen and oxygen atoms in total. The zero-order chi connectivity index (χ0) is 25.7. The fourth-order valence-electron chi connectivity index (χ4n) is 4.21. The summed E-state index contributed by atoms with van der Waals surface area (Å²) in [5, 5.41) is 13.4. The van der Waals surface area contributed by atoms with Gasteiger partial charge in [0, 0.05) is 28.8 Å². The van der Waals surface area contributed by atoms with Crippen molar-refractivity contribution in [2.75, 3.05) is 13.2 Å². The van der Waals surface area contributed by atoms with Gasteiger partial charge in [-0.25, -0.2) is 0 Å². The highest BCUT2D eigenvalue weighted by Gasteiger charge is 2.29. The summed E-state index contributed by atoms with van der Waals surface area (Å²) in [6.07, 6.45) is 3.17. The second-order valence-electron chi connectivity index (χ2n) is 8.76. The van der Waals surface area contributed by atoms with Crippen LogP contribution in [0.2, 0.25) is 10.0 Å². The number of carboxylic acids is 1. The predicted molar refractivity (Wildman–Crippen MR) is 140 cm³/mol. The van der Waals surface area contributed by atoms with E-state index >= 15 is 0 Å². The predicted octanol–water partition coefficient (Wildman–Crippen LogP) is 6.80. The van der Waals surface area contributed by atoms with Gasteiger partial charge in [0.05, 0.1) is 17.5 Å². The molecule has 0 saturated heterocycles. The van der Waals surface area contributed by atoms with Crippen molar-refractivity contribution in [1.82, 2.24) is 5.32 Å². The minimum absolute atomic E-state index is 0.149. The van der Waals surface area contributed by atoms with Gasteiger partial charge in [0.15, 0.2) is 0 Å². The molecule has 188 valence electrons. The van der Waals surface area contributed by atoms with E-state index in [9.17, 15) is 14.7 Å². The van der Waals surface area contributed by atoms with Crippen molar-refractivity contribution in [3.05, 3.63) is 86.9 Å². The average molecular weight is 528 g/mol. The molecule has 0 bridgehead atoms. The first-order valence-electron chi connectivity index (χ1n) is 11.8. The molecular weight excluding hydrogens is 501 g/mol. The van der Waals surface area contributed by atoms with Gasteiger partial charge in [-0.1, -0.05) is 29.3 Å². The molecule has 1 amide bonds. The smallest absolute Gasteiger partial charge is 0.311 e. The minimum Gasteiger partial charge on any atom is -0.493 e. The Balaban J connectivity index is 1.29. The van der Waals surface area contributed by atoms with Crippen LogP contribution in [0.3, 0.4) is 0 Å². The van der Waals surface area contributed by atoms with Crippen LogP contribution in [-0.2, 0) is 11.2 Å². The van der Waals surface area contributed by atoms with E-state index in [1.807, 2.05) is 12.1 Å². The van der Waals surface area contributed by atoms with Crippen molar-refractivity contribution in [3.8, 4) is 17.2 Å². The highest BCUT2D eigenvalue weighted by molar-refractivity contribution is 6.32. The molecule has 0 fully saturated rings. The SMILES string of the molecule is Cc1cc(Cl)ccc1CCCCNC(=O)c1ccc(Oc2cc3c(cc2Cl)C(C(=O)O)CCO3)cc1. The Morgan fingerprint density at radius 2 is 1.86 bits per heavy atom. The molecule has 0 saturated carbocycles. The minimum atomic E-state index is -0.908. The molecule has 8 heteroatoms. The maximum Gasteiger partial charge on any atom is 0.311 e. The van der Waals surface area contributed by atoms with Crippen LogP contribution in [0.15, 0.2) is 54.6 Å². The number of benzene rings is 3. The normalized spacial score (nSPS) is 14.5. The van der Waals surface area contributed by atoms with Crippen LogP contribution in [-0.4, -0.2) is 30.1 Å². The standard InChI is InChI=1S/C28H27Cl2NO5/c1-17-14-20(29)8-5-18(17)4-2-3-12-31-27(32)19-6-9-21(10-7-19)36-26-16-25-23(15-24(26)30)22(28(33)34)11-13-35-25/h5-10,14-16,22H,2-4,11-13H2,1H3,(H,31,32)(H,33,34). The van der Waals surface area contributed by atoms with Gasteiger partial charge in [0.2, 0.25) is 0 Å². The first kappa shape index (κ1) is 25.9. The number of aryl methyl sites for hydroxylation is 2. The summed E-state index contributed by atoms with van der Waals surface area (Å²) in [4.78, 5) is 24.0. The lowest BCUT2D eigenvalue weighted by molar-refractivity contribution is -0.139. The molecule has 1 unspecified atom stereocenters. The van der Waals surface area contributed by atoms with Crippen molar-refractivity contribution in [2.24, 2.45) is 0 Å². The summed E-state index contributed by atoms with van der Waals surface area (Å²) in [6, 6.07) is 15.9. The number of ether oxygens (including phenoxy) is 2. The Morgan fingerprint density at radius 3 is 2.58 bits per heavy atom. The molecule has 1 heterocycles. The molecule has 0 aliphatic carbocycles. The Kier molecular flexibility index (Phi) is 8.39. The molecule has 0 radical (unpaired) electrons. The highest BCUT2D eigenvalue weighted by Crippen LogP contribution is 2.41. The Hall–Kier alpha value is -3.22. The van der Waals surface area contributed by atoms with Gasteiger partial charge in [0.25, 0.3) is 5.91 Å². The maximum absolute atomic E-state index is 12.5. The summed E-state index contributed by atoms with van der Waals surface area (Å²) in [7, 11) is 0. The Morgan fingerprint density at radius 1 is 1.08 bits per heavy atom. The van der Waals surface area contributed by atoms with Gasteiger partial charge in [-0.05, 0) is 86.2 Å². The summed E-state index contributed by atoms with van der Waals surface area (Å²) >= 11 is 12.4. The van der Waals surface area contributed by atoms with Crippen molar-refractivity contribution in [3.63, 3.8) is 0 Å². The molecule has 36 heavy (non-hydrogen) atoms. The molecule has 1 aliphatic heterocycles. The maximum atomic E-state index is 12.5. The number of amides is 1. The number of aliphatic carboxylic acids is 1. The molecule has 3 aromatic carbocycles. The second kappa shape index (κ2) is 11.7. The molecule has 3 aromatic rings. The molecular formula is C28H27Cl2NO5. The lowest BCUT2D eigenvalue weighted by Crippen LogP contribution is -2.24. The van der Waals surface area contributed by atoms with Gasteiger partial charge in [-0.3, -0.25) is 9.59 Å². The molecule has 0 spiro atoms. The quantitative estimate of drug-likeness (QED) is 0.299. The van der Waals surface area contributed by atoms with Gasteiger partial charge in [0.1, 0.15) is 17.2 Å². The summed E-state index contributed by atoms with van der Waals surface area (Å²) < 4.78 is 11.5. The third kappa shape index (κ3) is 6.31. The number of fused-ring (bicyclic) bond motifs is 1. The molecule has 0 aromatic heterocycles. The highest BCUT2D eigenvalue weighted by atomic mass is 35.5. The largest absolute Gasteiger partial charge is 0.493 e. The third-order valence-electron chi connectivity index (χ3n) is 6.21. The molecule has 1 aliphatic rings. The second-order valence-corrected chi connectivity index (χ2v) is 9.60. The van der Waals surface area contributed by atoms with Crippen molar-refractivity contribution in [2.45, 2.75) is 38.5 Å². The van der Waals surface area contributed by atoms with Gasteiger partial charge in [-0.2, -0.15) is 0 Å². The Labute approximate surface area is 220 Å². The van der Waals surface area contributed by atoms with E-state index < -0.39 is 11.9 Å². The third-order valence-corrected chi connectivity index (χ3v) is 6.74. The number of rotatable bonds is 9. The van der Waals surface area contributed by atoms with Crippen molar-refractivity contribution in [1.29, 1.82) is 0 Å². The van der Waals surface area contributed by atoms with E-state index in [1.165, 1.54) is 11.1 Å². The van der Waals surface area contributed by atoms with Gasteiger partial charge >= 0.3 is 5.97 Å². The number of hydrogen-bond donors (Lipinski definition) is 2. The first-order chi connectivity index (χ1) is 17.3. The number of halogens is 2. The van der Waals surface area contributed by atoms with Crippen LogP contribution in [0.5, 0.6) is 17.2 Å². The number of unbranched alkanes of at least 4 members (excludes halogenated alkanes) is 1. The van der Waals surface area contributed by atoms with Crippen LogP contribution < -0.4 is 14.8 Å². The van der Waals surface area contributed by atoms with Crippen LogP contribution in [0.25, 0.3) is 0 Å². The van der Waals surface area contributed by atoms with Crippen LogP contribution in [0, 0.1) is 6.92 Å². The lowest BCUT2D eigenvalue weighted by Gasteiger charge is -2.24. The van der Waals surface area contributed by atoms with Crippen LogP contribution in [0.4, 0.5) is 0 Å². The molecule has 4 rings (SSSR count). The zero-order valence-electron chi connectivity index (χ0n) is 19.9. The zero-order valence-corrected chi connectivity index (χ0v) is 21.4. The summed E-state index contributed by atoms with van der Waals surface area (Å²) in [5.74, 6) is -0.402. The van der Waals surface area contributed by atoms with E-state index in [4.69, 9.17) is 32.7 Å². The number of hydrogen-bond acceptors (Lipinski definition) is 4. The molecule has 2 N–H and O–H groups in total. The van der Waals surface area contributed by atoms with E-state index in [2.05, 4.69) is 18.3 Å². The van der Waals surface area contributed by atoms with E-state index in [0.717, 1.165) is 24.3 Å². The van der Waals surface area contributed by atoms with E-state index in [1.54, 1.807) is 36.4 Å². The van der Waals surface area contributed by atoms with E-state index in [-0.39, 0.29) is 5.91 Å². The van der Waals surface area contributed by atoms with Crippen LogP contribution in [0.1, 0.15) is 52.2 Å². The fourth-order valence-corrected chi connectivity index (χ4v) is 4.65. The summed E-state index contributed by atoms with van der Waals surface area (Å²) in [5.41, 5.74) is 3.53. The van der Waals surface area contributed by atoms with Crippen LogP contribution >= 0.6 is 23.2 Å². The summed E-state index contributed by atoms with van der Waals surface area (Å²) in [6.45, 7) is 2.96. The topological polar surface area (TPSA) is 84.9 Å². The Bertz CT molecular complexity index is 1260. The number of carbonyl (C=O) groups is 2. The van der Waals surface area contributed by atoms with Crippen molar-refractivity contribution < 1.29 is 24.2 Å². The fraction of sp³-hybridized carbons (Fsp3) is 0.286.